The van der Waals surface area contributed by atoms with Crippen molar-refractivity contribution in [3.05, 3.63) is 16.3 Å². The number of nitrogens with one attached hydrogen (secondary N) is 1. The predicted molar refractivity (Wildman–Crippen MR) is 68.1 cm³/mol. The molecule has 98 valence electrons. The fourth-order valence-electron chi connectivity index (χ4n) is 2.23. The number of hydrogen-bond acceptors (Lipinski definition) is 6. The van der Waals surface area contributed by atoms with Crippen molar-refractivity contribution in [1.29, 1.82) is 0 Å². The number of rotatable bonds is 3. The van der Waals surface area contributed by atoms with Crippen molar-refractivity contribution >= 4 is 17.5 Å². The molecule has 1 heterocycles. The van der Waals surface area contributed by atoms with Crippen molar-refractivity contribution < 1.29 is 4.92 Å². The van der Waals surface area contributed by atoms with E-state index in [4.69, 9.17) is 5.73 Å². The first kappa shape index (κ1) is 12.5. The largest absolute Gasteiger partial charge is 0.368 e. The minimum atomic E-state index is -0.493. The molecule has 1 aromatic rings. The molecule has 0 radical (unpaired) electrons. The molecule has 0 spiro atoms. The minimum Gasteiger partial charge on any atom is -0.368 e. The lowest BCUT2D eigenvalue weighted by molar-refractivity contribution is -0.384. The Morgan fingerprint density at radius 1 is 1.44 bits per heavy atom. The first-order chi connectivity index (χ1) is 8.56. The summed E-state index contributed by atoms with van der Waals surface area (Å²) in [5, 5.41) is 14.0. The second kappa shape index (κ2) is 5.16. The number of nitro groups is 1. The first-order valence-corrected chi connectivity index (χ1v) is 6.09. The molecular weight excluding hydrogens is 234 g/mol. The maximum Gasteiger partial charge on any atom is 0.329 e. The zero-order chi connectivity index (χ0) is 13.1. The summed E-state index contributed by atoms with van der Waals surface area (Å²) in [6, 6.07) is 0.231. The lowest BCUT2D eigenvalue weighted by Gasteiger charge is -2.27. The van der Waals surface area contributed by atoms with Crippen LogP contribution in [-0.4, -0.2) is 20.9 Å². The van der Waals surface area contributed by atoms with Gasteiger partial charge in [-0.15, -0.1) is 0 Å². The van der Waals surface area contributed by atoms with E-state index in [2.05, 4.69) is 22.2 Å². The fourth-order valence-corrected chi connectivity index (χ4v) is 2.23. The molecule has 0 unspecified atom stereocenters. The van der Waals surface area contributed by atoms with Crippen molar-refractivity contribution in [3.63, 3.8) is 0 Å². The third kappa shape index (κ3) is 2.85. The van der Waals surface area contributed by atoms with E-state index in [1.165, 1.54) is 0 Å². The Hall–Kier alpha value is -1.92. The maximum absolute atomic E-state index is 10.9. The van der Waals surface area contributed by atoms with E-state index in [-0.39, 0.29) is 23.5 Å². The molecule has 1 fully saturated rings. The van der Waals surface area contributed by atoms with Gasteiger partial charge in [-0.3, -0.25) is 10.1 Å². The molecule has 1 aromatic heterocycles. The quantitative estimate of drug-likeness (QED) is 0.628. The molecule has 2 rings (SSSR count). The van der Waals surface area contributed by atoms with Crippen LogP contribution in [0.5, 0.6) is 0 Å². The van der Waals surface area contributed by atoms with Gasteiger partial charge in [-0.2, -0.15) is 4.98 Å². The van der Waals surface area contributed by atoms with Gasteiger partial charge in [0, 0.05) is 6.04 Å². The highest BCUT2D eigenvalue weighted by molar-refractivity contribution is 5.56. The van der Waals surface area contributed by atoms with Crippen LogP contribution in [0, 0.1) is 16.0 Å². The molecule has 0 aromatic carbocycles. The monoisotopic (exact) mass is 251 g/mol. The number of anilines is 2. The van der Waals surface area contributed by atoms with Crippen molar-refractivity contribution in [2.45, 2.75) is 38.6 Å². The molecule has 1 aliphatic carbocycles. The van der Waals surface area contributed by atoms with E-state index in [9.17, 15) is 10.1 Å². The number of aromatic nitrogens is 2. The van der Waals surface area contributed by atoms with E-state index < -0.39 is 4.92 Å². The molecule has 0 saturated heterocycles. The van der Waals surface area contributed by atoms with Gasteiger partial charge in [0.25, 0.3) is 0 Å². The van der Waals surface area contributed by atoms with Crippen molar-refractivity contribution in [2.24, 2.45) is 5.92 Å². The summed E-state index contributed by atoms with van der Waals surface area (Å²) in [6.45, 7) is 2.22. The summed E-state index contributed by atoms with van der Waals surface area (Å²) in [5.74, 6) is 1.01. The summed E-state index contributed by atoms with van der Waals surface area (Å²) < 4.78 is 0. The van der Waals surface area contributed by atoms with Crippen molar-refractivity contribution in [3.8, 4) is 0 Å². The molecule has 0 bridgehead atoms. The zero-order valence-corrected chi connectivity index (χ0v) is 10.3. The highest BCUT2D eigenvalue weighted by Crippen LogP contribution is 2.28. The van der Waals surface area contributed by atoms with Crippen LogP contribution in [0.2, 0.25) is 0 Å². The van der Waals surface area contributed by atoms with Gasteiger partial charge in [-0.25, -0.2) is 4.98 Å². The molecule has 1 saturated carbocycles. The summed E-state index contributed by atoms with van der Waals surface area (Å²) in [6.07, 6.45) is 5.42. The number of hydrogen-bond donors (Lipinski definition) is 2. The van der Waals surface area contributed by atoms with Gasteiger partial charge in [0.2, 0.25) is 11.8 Å². The Bertz CT molecular complexity index is 443. The molecule has 0 aliphatic heterocycles. The molecule has 7 nitrogen and oxygen atoms in total. The highest BCUT2D eigenvalue weighted by Gasteiger charge is 2.23. The van der Waals surface area contributed by atoms with Gasteiger partial charge in [-0.1, -0.05) is 6.92 Å². The van der Waals surface area contributed by atoms with E-state index in [0.717, 1.165) is 37.8 Å². The Kier molecular flexibility index (Phi) is 3.59. The van der Waals surface area contributed by atoms with Gasteiger partial charge >= 0.3 is 5.69 Å². The first-order valence-electron chi connectivity index (χ1n) is 6.09. The molecule has 7 heteroatoms. The minimum absolute atomic E-state index is 0.0484. The smallest absolute Gasteiger partial charge is 0.329 e. The van der Waals surface area contributed by atoms with Gasteiger partial charge in [-0.05, 0) is 31.6 Å². The van der Waals surface area contributed by atoms with E-state index in [0.29, 0.717) is 0 Å². The van der Waals surface area contributed by atoms with Gasteiger partial charge in [0.15, 0.2) is 0 Å². The molecule has 1 aliphatic rings. The highest BCUT2D eigenvalue weighted by atomic mass is 16.6. The number of nitrogens with zero attached hydrogens (tertiary/aromatic N) is 3. The lowest BCUT2D eigenvalue weighted by Crippen LogP contribution is -2.26. The Labute approximate surface area is 105 Å². The Balaban J connectivity index is 2.12. The van der Waals surface area contributed by atoms with Crippen LogP contribution in [-0.2, 0) is 0 Å². The normalized spacial score (nSPS) is 23.6. The maximum atomic E-state index is 10.9. The average molecular weight is 251 g/mol. The van der Waals surface area contributed by atoms with Crippen molar-refractivity contribution in [2.75, 3.05) is 11.1 Å². The van der Waals surface area contributed by atoms with E-state index >= 15 is 0 Å². The zero-order valence-electron chi connectivity index (χ0n) is 10.3. The summed E-state index contributed by atoms with van der Waals surface area (Å²) in [4.78, 5) is 18.0. The second-order valence-electron chi connectivity index (χ2n) is 4.82. The Morgan fingerprint density at radius 2 is 2.11 bits per heavy atom. The SMILES string of the molecule is CC1CCC(Nc2nc(N)ncc2[N+](=O)[O-])CC1. The van der Waals surface area contributed by atoms with Crippen LogP contribution >= 0.6 is 0 Å². The van der Waals surface area contributed by atoms with Crippen LogP contribution in [0.1, 0.15) is 32.6 Å². The summed E-state index contributed by atoms with van der Waals surface area (Å²) in [5.41, 5.74) is 5.35. The van der Waals surface area contributed by atoms with Crippen molar-refractivity contribution in [1.82, 2.24) is 9.97 Å². The standard InChI is InChI=1S/C11H17N5O2/c1-7-2-4-8(5-3-7)14-10-9(16(17)18)6-13-11(12)15-10/h6-8H,2-5H2,1H3,(H3,12,13,14,15). The van der Waals surface area contributed by atoms with Crippen LogP contribution in [0.4, 0.5) is 17.5 Å². The molecule has 0 amide bonds. The predicted octanol–water partition coefficient (Wildman–Crippen LogP) is 1.96. The van der Waals surface area contributed by atoms with Gasteiger partial charge < -0.3 is 11.1 Å². The van der Waals surface area contributed by atoms with Crippen LogP contribution in [0.15, 0.2) is 6.20 Å². The number of nitrogens with two attached hydrogens (primary N) is 1. The third-order valence-corrected chi connectivity index (χ3v) is 3.34. The topological polar surface area (TPSA) is 107 Å². The Morgan fingerprint density at radius 3 is 2.72 bits per heavy atom. The third-order valence-electron chi connectivity index (χ3n) is 3.34. The van der Waals surface area contributed by atoms with Gasteiger partial charge in [0.1, 0.15) is 6.20 Å². The fraction of sp³-hybridized carbons (Fsp3) is 0.636. The average Bonchev–Trinajstić information content (AvgIpc) is 2.32. The second-order valence-corrected chi connectivity index (χ2v) is 4.82. The van der Waals surface area contributed by atoms with Gasteiger partial charge in [0.05, 0.1) is 4.92 Å². The summed E-state index contributed by atoms with van der Waals surface area (Å²) >= 11 is 0. The van der Waals surface area contributed by atoms with E-state index in [1.807, 2.05) is 0 Å². The van der Waals surface area contributed by atoms with E-state index in [1.54, 1.807) is 0 Å². The van der Waals surface area contributed by atoms with Crippen LogP contribution in [0.25, 0.3) is 0 Å². The van der Waals surface area contributed by atoms with Crippen LogP contribution in [0.3, 0.4) is 0 Å². The molecule has 3 N–H and O–H groups in total. The summed E-state index contributed by atoms with van der Waals surface area (Å²) in [7, 11) is 0. The molecular formula is C11H17N5O2. The molecule has 0 atom stereocenters. The number of nitrogen functional groups attached to an aromatic ring is 1. The van der Waals surface area contributed by atoms with Crippen LogP contribution < -0.4 is 11.1 Å². The molecule has 18 heavy (non-hydrogen) atoms. The lowest BCUT2D eigenvalue weighted by atomic mass is 9.87.